The van der Waals surface area contributed by atoms with Gasteiger partial charge in [-0.05, 0) is 55.1 Å². The number of aryl methyl sites for hydroxylation is 1. The van der Waals surface area contributed by atoms with Crippen LogP contribution >= 0.6 is 0 Å². The van der Waals surface area contributed by atoms with Gasteiger partial charge in [-0.15, -0.1) is 0 Å². The summed E-state index contributed by atoms with van der Waals surface area (Å²) in [5.74, 6) is -2.38. The Labute approximate surface area is 207 Å². The van der Waals surface area contributed by atoms with Crippen molar-refractivity contribution in [2.45, 2.75) is 26.7 Å². The van der Waals surface area contributed by atoms with Gasteiger partial charge in [-0.25, -0.2) is 14.0 Å². The minimum atomic E-state index is -0.604. The Bertz CT molecular complexity index is 1510. The molecule has 3 heterocycles. The number of rotatable bonds is 5. The zero-order chi connectivity index (χ0) is 25.6. The van der Waals surface area contributed by atoms with E-state index in [-0.39, 0.29) is 22.8 Å². The lowest BCUT2D eigenvalue weighted by molar-refractivity contribution is -0.576. The number of carbonyl (C=O) groups excluding carboxylic acids is 2. The second-order valence-corrected chi connectivity index (χ2v) is 8.90. The number of nitrogens with zero attached hydrogens (tertiary/aromatic N) is 4. The first kappa shape index (κ1) is 23.2. The van der Waals surface area contributed by atoms with Crippen LogP contribution in [-0.2, 0) is 9.59 Å². The standard InChI is InChI=1S/C28H23FN4O3/c1-17(2)24-22(27(35)33(30-24)21-13-9-19(29)10-14-21)23-25(31-15-5-4-6-16-31)28(36)32(26(23)34)20-11-7-18(3)8-12-20/h4-17H,1-3H3. The normalized spacial score (nSPS) is 13.9. The molecule has 36 heavy (non-hydrogen) atoms. The van der Waals surface area contributed by atoms with E-state index < -0.39 is 23.5 Å². The predicted octanol–water partition coefficient (Wildman–Crippen LogP) is 3.75. The van der Waals surface area contributed by atoms with Crippen LogP contribution in [-0.4, -0.2) is 21.6 Å². The Balaban J connectivity index is 1.77. The number of hydrogen-bond acceptors (Lipinski definition) is 4. The Hall–Kier alpha value is -4.59. The lowest BCUT2D eigenvalue weighted by Gasteiger charge is -2.16. The molecular formula is C28H23FN4O3. The number of pyridine rings is 1. The fourth-order valence-electron chi connectivity index (χ4n) is 4.27. The highest BCUT2D eigenvalue weighted by atomic mass is 19.1. The smallest absolute Gasteiger partial charge is 0.331 e. The summed E-state index contributed by atoms with van der Waals surface area (Å²) in [6.45, 7) is 5.62. The lowest BCUT2D eigenvalue weighted by Crippen LogP contribution is -2.39. The van der Waals surface area contributed by atoms with Crippen molar-refractivity contribution in [2.24, 2.45) is 0 Å². The predicted molar refractivity (Wildman–Crippen MR) is 130 cm³/mol. The van der Waals surface area contributed by atoms with Gasteiger partial charge in [0.25, 0.3) is 11.6 Å². The Morgan fingerprint density at radius 1 is 0.889 bits per heavy atom. The number of halogens is 1. The summed E-state index contributed by atoms with van der Waals surface area (Å²) in [6, 6.07) is 17.6. The van der Waals surface area contributed by atoms with Crippen LogP contribution in [0.3, 0.4) is 0 Å². The maximum Gasteiger partial charge on any atom is 0.331 e. The SMILES string of the molecule is Cc1ccc(N2C(=O)C(c3c(C(C)C)nn(-c4ccc(F)cc4)c3[O-])=C([n+]3ccccc3)C2=O)cc1. The van der Waals surface area contributed by atoms with Gasteiger partial charge in [0.05, 0.1) is 17.1 Å². The summed E-state index contributed by atoms with van der Waals surface area (Å²) in [7, 11) is 0. The molecule has 0 atom stereocenters. The third kappa shape index (κ3) is 3.76. The van der Waals surface area contributed by atoms with E-state index in [0.29, 0.717) is 17.1 Å². The summed E-state index contributed by atoms with van der Waals surface area (Å²) >= 11 is 0. The second kappa shape index (κ2) is 8.88. The molecule has 180 valence electrons. The quantitative estimate of drug-likeness (QED) is 0.321. The monoisotopic (exact) mass is 482 g/mol. The molecule has 1 aliphatic heterocycles. The molecule has 1 aliphatic rings. The van der Waals surface area contributed by atoms with Gasteiger partial charge in [-0.1, -0.05) is 37.6 Å². The van der Waals surface area contributed by atoms with E-state index >= 15 is 0 Å². The summed E-state index contributed by atoms with van der Waals surface area (Å²) in [5.41, 5.74) is 2.24. The first-order chi connectivity index (χ1) is 17.3. The molecule has 0 saturated carbocycles. The van der Waals surface area contributed by atoms with Crippen molar-refractivity contribution in [1.82, 2.24) is 9.78 Å². The average Bonchev–Trinajstić information content (AvgIpc) is 3.33. The van der Waals surface area contributed by atoms with E-state index in [0.717, 1.165) is 15.1 Å². The summed E-state index contributed by atoms with van der Waals surface area (Å²) < 4.78 is 16.2. The van der Waals surface area contributed by atoms with Crippen molar-refractivity contribution in [1.29, 1.82) is 0 Å². The average molecular weight is 483 g/mol. The van der Waals surface area contributed by atoms with Gasteiger partial charge < -0.3 is 5.11 Å². The molecule has 7 nitrogen and oxygen atoms in total. The van der Waals surface area contributed by atoms with Crippen LogP contribution in [0.15, 0.2) is 79.1 Å². The summed E-state index contributed by atoms with van der Waals surface area (Å²) in [5, 5.41) is 18.3. The van der Waals surface area contributed by atoms with Crippen LogP contribution < -0.4 is 14.6 Å². The topological polar surface area (TPSA) is 82.1 Å². The van der Waals surface area contributed by atoms with Crippen LogP contribution in [0.1, 0.15) is 36.6 Å². The number of aromatic nitrogens is 3. The second-order valence-electron chi connectivity index (χ2n) is 8.90. The van der Waals surface area contributed by atoms with Crippen molar-refractivity contribution in [2.75, 3.05) is 4.90 Å². The molecule has 5 rings (SSSR count). The van der Waals surface area contributed by atoms with Crippen molar-refractivity contribution in [3.05, 3.63) is 102 Å². The molecule has 0 N–H and O–H groups in total. The molecule has 0 unspecified atom stereocenters. The maximum absolute atomic E-state index is 13.9. The zero-order valence-electron chi connectivity index (χ0n) is 20.0. The van der Waals surface area contributed by atoms with Crippen molar-refractivity contribution < 1.29 is 23.7 Å². The Morgan fingerprint density at radius 2 is 1.50 bits per heavy atom. The van der Waals surface area contributed by atoms with Gasteiger partial charge in [0.1, 0.15) is 11.4 Å². The molecular weight excluding hydrogens is 459 g/mol. The van der Waals surface area contributed by atoms with E-state index in [1.165, 1.54) is 24.3 Å². The van der Waals surface area contributed by atoms with Crippen molar-refractivity contribution in [3.8, 4) is 11.6 Å². The lowest BCUT2D eigenvalue weighted by atomic mass is 9.98. The van der Waals surface area contributed by atoms with Crippen LogP contribution in [0.25, 0.3) is 17.0 Å². The summed E-state index contributed by atoms with van der Waals surface area (Å²) in [6.07, 6.45) is 3.31. The molecule has 0 spiro atoms. The molecule has 2 aromatic carbocycles. The fraction of sp³-hybridized carbons (Fsp3) is 0.143. The molecule has 8 heteroatoms. The number of imide groups is 1. The Kier molecular flexibility index (Phi) is 5.72. The highest BCUT2D eigenvalue weighted by molar-refractivity contribution is 6.53. The highest BCUT2D eigenvalue weighted by Gasteiger charge is 2.47. The van der Waals surface area contributed by atoms with E-state index in [2.05, 4.69) is 5.10 Å². The number of carbonyl (C=O) groups is 2. The number of hydrogen-bond donors (Lipinski definition) is 0. The van der Waals surface area contributed by atoms with Gasteiger partial charge in [-0.2, -0.15) is 9.67 Å². The maximum atomic E-state index is 13.9. The third-order valence-corrected chi connectivity index (χ3v) is 6.06. The molecule has 0 bridgehead atoms. The number of amides is 2. The molecule has 0 fully saturated rings. The van der Waals surface area contributed by atoms with E-state index in [1.807, 2.05) is 32.9 Å². The molecule has 0 saturated heterocycles. The van der Waals surface area contributed by atoms with Crippen LogP contribution in [0.4, 0.5) is 10.1 Å². The van der Waals surface area contributed by atoms with Crippen LogP contribution in [0.5, 0.6) is 5.88 Å². The first-order valence-electron chi connectivity index (χ1n) is 11.5. The first-order valence-corrected chi connectivity index (χ1v) is 11.5. The zero-order valence-corrected chi connectivity index (χ0v) is 20.0. The van der Waals surface area contributed by atoms with E-state index in [9.17, 15) is 19.1 Å². The molecule has 0 aliphatic carbocycles. The van der Waals surface area contributed by atoms with E-state index in [1.54, 1.807) is 47.3 Å². The summed E-state index contributed by atoms with van der Waals surface area (Å²) in [4.78, 5) is 28.7. The van der Waals surface area contributed by atoms with Gasteiger partial charge in [0, 0.05) is 17.7 Å². The minimum absolute atomic E-state index is 0.0150. The third-order valence-electron chi connectivity index (χ3n) is 6.06. The van der Waals surface area contributed by atoms with Crippen molar-refractivity contribution in [3.63, 3.8) is 0 Å². The van der Waals surface area contributed by atoms with Gasteiger partial charge in [0.15, 0.2) is 12.4 Å². The van der Waals surface area contributed by atoms with Crippen molar-refractivity contribution >= 4 is 28.8 Å². The molecule has 4 aromatic rings. The van der Waals surface area contributed by atoms with Gasteiger partial charge in [-0.3, -0.25) is 9.59 Å². The fourth-order valence-corrected chi connectivity index (χ4v) is 4.27. The van der Waals surface area contributed by atoms with Gasteiger partial charge >= 0.3 is 5.91 Å². The van der Waals surface area contributed by atoms with Gasteiger partial charge in [0.2, 0.25) is 0 Å². The molecule has 2 aromatic heterocycles. The molecule has 2 amide bonds. The Morgan fingerprint density at radius 3 is 2.11 bits per heavy atom. The highest BCUT2D eigenvalue weighted by Crippen LogP contribution is 2.40. The van der Waals surface area contributed by atoms with Crippen LogP contribution in [0.2, 0.25) is 0 Å². The number of benzene rings is 2. The largest absolute Gasteiger partial charge is 0.858 e. The van der Waals surface area contributed by atoms with Crippen LogP contribution in [0, 0.1) is 12.7 Å². The number of anilines is 1. The minimum Gasteiger partial charge on any atom is -0.858 e. The molecule has 0 radical (unpaired) electrons. The van der Waals surface area contributed by atoms with E-state index in [4.69, 9.17) is 0 Å².